The van der Waals surface area contributed by atoms with Crippen LogP contribution in [0.3, 0.4) is 0 Å². The maximum Gasteiger partial charge on any atom is 0.0710 e. The normalized spacial score (nSPS) is 40.7. The molecule has 2 N–H and O–H groups in total. The van der Waals surface area contributed by atoms with E-state index >= 15 is 0 Å². The van der Waals surface area contributed by atoms with Gasteiger partial charge in [0.25, 0.3) is 0 Å². The average molecular weight is 252 g/mol. The van der Waals surface area contributed by atoms with Crippen LogP contribution in [-0.2, 0) is 4.74 Å². The lowest BCUT2D eigenvalue weighted by Gasteiger charge is -2.34. The fourth-order valence-electron chi connectivity index (χ4n) is 4.12. The van der Waals surface area contributed by atoms with Crippen molar-refractivity contribution in [2.24, 2.45) is 11.7 Å². The minimum atomic E-state index is 0.274. The lowest BCUT2D eigenvalue weighted by Crippen LogP contribution is -2.36. The Morgan fingerprint density at radius 2 is 1.94 bits per heavy atom. The molecule has 0 radical (unpaired) electrons. The predicted molar refractivity (Wildman–Crippen MR) is 73.5 cm³/mol. The molecule has 3 fully saturated rings. The van der Waals surface area contributed by atoms with E-state index in [1.807, 2.05) is 0 Å². The first-order valence-corrected chi connectivity index (χ1v) is 7.83. The van der Waals surface area contributed by atoms with Crippen LogP contribution in [-0.4, -0.2) is 42.3 Å². The Morgan fingerprint density at radius 3 is 2.61 bits per heavy atom. The molecule has 104 valence electrons. The van der Waals surface area contributed by atoms with Gasteiger partial charge in [-0.1, -0.05) is 26.2 Å². The molecule has 0 aromatic carbocycles. The van der Waals surface area contributed by atoms with E-state index in [9.17, 15) is 0 Å². The van der Waals surface area contributed by atoms with Gasteiger partial charge in [-0.05, 0) is 31.6 Å². The summed E-state index contributed by atoms with van der Waals surface area (Å²) in [5.74, 6) is 0.648. The van der Waals surface area contributed by atoms with E-state index in [0.29, 0.717) is 18.1 Å². The van der Waals surface area contributed by atoms with Crippen molar-refractivity contribution >= 4 is 0 Å². The maximum absolute atomic E-state index is 6.44. The van der Waals surface area contributed by atoms with Crippen LogP contribution in [0.25, 0.3) is 0 Å². The number of likely N-dealkylation sites (tertiary alicyclic amines) is 1. The molecular formula is C15H28N2O. The molecule has 1 saturated carbocycles. The van der Waals surface area contributed by atoms with E-state index < -0.39 is 0 Å². The molecule has 3 aliphatic rings. The molecule has 1 aliphatic carbocycles. The summed E-state index contributed by atoms with van der Waals surface area (Å²) in [5.41, 5.74) is 6.37. The summed E-state index contributed by atoms with van der Waals surface area (Å²) >= 11 is 0. The Hall–Kier alpha value is -0.120. The van der Waals surface area contributed by atoms with Crippen LogP contribution in [0.4, 0.5) is 0 Å². The summed E-state index contributed by atoms with van der Waals surface area (Å²) in [7, 11) is 0. The largest absolute Gasteiger partial charge is 0.370 e. The van der Waals surface area contributed by atoms with Gasteiger partial charge in [0.15, 0.2) is 0 Å². The van der Waals surface area contributed by atoms with Crippen LogP contribution >= 0.6 is 0 Å². The molecule has 0 aromatic heterocycles. The predicted octanol–water partition coefficient (Wildman–Crippen LogP) is 2.15. The highest BCUT2D eigenvalue weighted by molar-refractivity contribution is 4.93. The summed E-state index contributed by atoms with van der Waals surface area (Å²) in [6.07, 6.45) is 9.80. The van der Waals surface area contributed by atoms with Gasteiger partial charge in [-0.25, -0.2) is 0 Å². The SMILES string of the molecule is CC1CN(CC2CCC3(CCCCC3)O2)CC1N. The number of ether oxygens (including phenoxy) is 1. The number of rotatable bonds is 2. The second-order valence-electron chi connectivity index (χ2n) is 6.88. The third kappa shape index (κ3) is 2.59. The Bertz CT molecular complexity index is 278. The van der Waals surface area contributed by atoms with Crippen molar-refractivity contribution in [1.82, 2.24) is 4.90 Å². The summed E-state index contributed by atoms with van der Waals surface area (Å²) in [6, 6.07) is 0.370. The average Bonchev–Trinajstić information content (AvgIpc) is 2.86. The van der Waals surface area contributed by atoms with E-state index in [2.05, 4.69) is 11.8 Å². The van der Waals surface area contributed by atoms with Crippen molar-refractivity contribution in [3.63, 3.8) is 0 Å². The second-order valence-corrected chi connectivity index (χ2v) is 6.88. The van der Waals surface area contributed by atoms with E-state index in [4.69, 9.17) is 10.5 Å². The monoisotopic (exact) mass is 252 g/mol. The second kappa shape index (κ2) is 5.10. The van der Waals surface area contributed by atoms with E-state index in [-0.39, 0.29) is 5.60 Å². The minimum absolute atomic E-state index is 0.274. The molecular weight excluding hydrogens is 224 g/mol. The molecule has 2 heterocycles. The van der Waals surface area contributed by atoms with Crippen molar-refractivity contribution in [1.29, 1.82) is 0 Å². The molecule has 3 atom stereocenters. The standard InChI is InChI=1S/C15H28N2O/c1-12-9-17(11-14(12)16)10-13-5-8-15(18-13)6-3-2-4-7-15/h12-14H,2-11,16H2,1H3. The first-order valence-electron chi connectivity index (χ1n) is 7.83. The number of nitrogens with zero attached hydrogens (tertiary/aromatic N) is 1. The van der Waals surface area contributed by atoms with Gasteiger partial charge in [0, 0.05) is 25.7 Å². The van der Waals surface area contributed by atoms with Crippen LogP contribution in [0.2, 0.25) is 0 Å². The Labute approximate surface area is 111 Å². The van der Waals surface area contributed by atoms with Gasteiger partial charge in [-0.15, -0.1) is 0 Å². The summed E-state index contributed by atoms with van der Waals surface area (Å²) in [6.45, 7) is 5.60. The van der Waals surface area contributed by atoms with Crippen molar-refractivity contribution in [2.45, 2.75) is 69.6 Å². The zero-order chi connectivity index (χ0) is 12.6. The molecule has 18 heavy (non-hydrogen) atoms. The molecule has 0 amide bonds. The smallest absolute Gasteiger partial charge is 0.0710 e. The van der Waals surface area contributed by atoms with Gasteiger partial charge in [-0.3, -0.25) is 4.90 Å². The van der Waals surface area contributed by atoms with Gasteiger partial charge in [0.2, 0.25) is 0 Å². The molecule has 2 saturated heterocycles. The topological polar surface area (TPSA) is 38.5 Å². The van der Waals surface area contributed by atoms with E-state index in [0.717, 1.165) is 19.6 Å². The fourth-order valence-corrected chi connectivity index (χ4v) is 4.12. The third-order valence-electron chi connectivity index (χ3n) is 5.31. The maximum atomic E-state index is 6.44. The number of hydrogen-bond acceptors (Lipinski definition) is 3. The van der Waals surface area contributed by atoms with Crippen molar-refractivity contribution in [2.75, 3.05) is 19.6 Å². The molecule has 1 spiro atoms. The van der Waals surface area contributed by atoms with Crippen LogP contribution in [0.5, 0.6) is 0 Å². The first kappa shape index (κ1) is 12.9. The van der Waals surface area contributed by atoms with Gasteiger partial charge < -0.3 is 10.5 Å². The third-order valence-corrected chi connectivity index (χ3v) is 5.31. The van der Waals surface area contributed by atoms with Gasteiger partial charge in [-0.2, -0.15) is 0 Å². The molecule has 3 nitrogen and oxygen atoms in total. The molecule has 3 rings (SSSR count). The molecule has 2 aliphatic heterocycles. The van der Waals surface area contributed by atoms with Gasteiger partial charge >= 0.3 is 0 Å². The highest BCUT2D eigenvalue weighted by Gasteiger charge is 2.41. The van der Waals surface area contributed by atoms with E-state index in [1.54, 1.807) is 0 Å². The minimum Gasteiger partial charge on any atom is -0.370 e. The lowest BCUT2D eigenvalue weighted by molar-refractivity contribution is -0.0705. The number of nitrogens with two attached hydrogens (primary N) is 1. The summed E-state index contributed by atoms with van der Waals surface area (Å²) < 4.78 is 6.44. The highest BCUT2D eigenvalue weighted by atomic mass is 16.5. The zero-order valence-corrected chi connectivity index (χ0v) is 11.7. The quantitative estimate of drug-likeness (QED) is 0.818. The highest BCUT2D eigenvalue weighted by Crippen LogP contribution is 2.42. The van der Waals surface area contributed by atoms with Crippen molar-refractivity contribution in [3.05, 3.63) is 0 Å². The van der Waals surface area contributed by atoms with Crippen LogP contribution in [0.15, 0.2) is 0 Å². The molecule has 0 aromatic rings. The molecule has 0 bridgehead atoms. The van der Waals surface area contributed by atoms with Crippen molar-refractivity contribution < 1.29 is 4.74 Å². The number of hydrogen-bond donors (Lipinski definition) is 1. The Balaban J connectivity index is 1.50. The zero-order valence-electron chi connectivity index (χ0n) is 11.7. The summed E-state index contributed by atoms with van der Waals surface area (Å²) in [5, 5.41) is 0. The lowest BCUT2D eigenvalue weighted by atomic mass is 9.83. The van der Waals surface area contributed by atoms with Crippen molar-refractivity contribution in [3.8, 4) is 0 Å². The van der Waals surface area contributed by atoms with E-state index in [1.165, 1.54) is 44.9 Å². The fraction of sp³-hybridized carbons (Fsp3) is 1.00. The van der Waals surface area contributed by atoms with Crippen LogP contribution in [0, 0.1) is 5.92 Å². The Morgan fingerprint density at radius 1 is 1.17 bits per heavy atom. The summed E-state index contributed by atoms with van der Waals surface area (Å²) in [4.78, 5) is 2.52. The van der Waals surface area contributed by atoms with Crippen LogP contribution < -0.4 is 5.73 Å². The Kier molecular flexibility index (Phi) is 3.65. The first-order chi connectivity index (χ1) is 8.67. The van der Waals surface area contributed by atoms with Crippen LogP contribution in [0.1, 0.15) is 51.9 Å². The van der Waals surface area contributed by atoms with Gasteiger partial charge in [0.1, 0.15) is 0 Å². The van der Waals surface area contributed by atoms with Gasteiger partial charge in [0.05, 0.1) is 11.7 Å². The molecule has 3 unspecified atom stereocenters. The molecule has 3 heteroatoms.